The Bertz CT molecular complexity index is 458. The number of rotatable bonds is 1. The van der Waals surface area contributed by atoms with Crippen LogP contribution in [0.2, 0.25) is 0 Å². The van der Waals surface area contributed by atoms with Crippen LogP contribution >= 0.6 is 0 Å². The molecule has 7 heteroatoms. The second-order valence-electron chi connectivity index (χ2n) is 5.35. The molecule has 0 spiro atoms. The predicted molar refractivity (Wildman–Crippen MR) is 63.6 cm³/mol. The highest BCUT2D eigenvalue weighted by Gasteiger charge is 2.52. The summed E-state index contributed by atoms with van der Waals surface area (Å²) in [5.74, 6) is -4.35. The van der Waals surface area contributed by atoms with Crippen LogP contribution in [0.3, 0.4) is 0 Å². The van der Waals surface area contributed by atoms with Crippen molar-refractivity contribution in [2.75, 3.05) is 13.2 Å². The number of hydrogen-bond donors (Lipinski definition) is 0. The van der Waals surface area contributed by atoms with Crippen LogP contribution in [-0.4, -0.2) is 36.2 Å². The molecule has 1 heterocycles. The number of ether oxygens (including phenoxy) is 1. The van der Waals surface area contributed by atoms with Crippen molar-refractivity contribution in [1.29, 1.82) is 0 Å². The third kappa shape index (κ3) is 2.66. The fourth-order valence-corrected chi connectivity index (χ4v) is 2.95. The Kier molecular flexibility index (Phi) is 3.80. The molecular weight excluding hydrogens is 275 g/mol. The standard InChI is InChI=1S/C13H16F3NO3/c1-7-5-8(2)10(9(6-7)13(14,15)16)11(18)17-3-4-20-12(17)19/h5,8-10H,3-4,6H2,1-2H3/t8-,9+,10+/m0/s1. The average molecular weight is 291 g/mol. The van der Waals surface area contributed by atoms with E-state index in [1.165, 1.54) is 0 Å². The van der Waals surface area contributed by atoms with Gasteiger partial charge in [-0.1, -0.05) is 18.6 Å². The Hall–Kier alpha value is -1.53. The minimum atomic E-state index is -4.46. The van der Waals surface area contributed by atoms with Gasteiger partial charge in [-0.05, 0) is 19.3 Å². The number of carbonyl (C=O) groups is 2. The zero-order valence-electron chi connectivity index (χ0n) is 11.2. The number of hydrogen-bond acceptors (Lipinski definition) is 3. The van der Waals surface area contributed by atoms with Crippen LogP contribution in [0.1, 0.15) is 20.3 Å². The van der Waals surface area contributed by atoms with Crippen LogP contribution in [-0.2, 0) is 9.53 Å². The maximum Gasteiger partial charge on any atom is 0.416 e. The van der Waals surface area contributed by atoms with E-state index < -0.39 is 35.9 Å². The summed E-state index contributed by atoms with van der Waals surface area (Å²) >= 11 is 0. The van der Waals surface area contributed by atoms with Crippen molar-refractivity contribution in [3.05, 3.63) is 11.6 Å². The van der Waals surface area contributed by atoms with Crippen LogP contribution < -0.4 is 0 Å². The lowest BCUT2D eigenvalue weighted by atomic mass is 9.73. The van der Waals surface area contributed by atoms with Gasteiger partial charge in [0.2, 0.25) is 5.91 Å². The smallest absolute Gasteiger partial charge is 0.416 e. The lowest BCUT2D eigenvalue weighted by molar-refractivity contribution is -0.197. The number of allylic oxidation sites excluding steroid dienone is 2. The van der Waals surface area contributed by atoms with Gasteiger partial charge < -0.3 is 4.74 Å². The number of imide groups is 1. The fraction of sp³-hybridized carbons (Fsp3) is 0.692. The van der Waals surface area contributed by atoms with Crippen LogP contribution in [0, 0.1) is 17.8 Å². The largest absolute Gasteiger partial charge is 0.447 e. The molecule has 1 saturated heterocycles. The van der Waals surface area contributed by atoms with E-state index in [0.717, 1.165) is 4.90 Å². The lowest BCUT2D eigenvalue weighted by Crippen LogP contribution is -2.47. The molecule has 2 amide bonds. The third-order valence-corrected chi connectivity index (χ3v) is 3.82. The molecule has 0 aromatic rings. The van der Waals surface area contributed by atoms with E-state index in [2.05, 4.69) is 4.74 Å². The molecule has 0 radical (unpaired) electrons. The molecule has 0 unspecified atom stereocenters. The number of alkyl halides is 3. The normalized spacial score (nSPS) is 31.1. The lowest BCUT2D eigenvalue weighted by Gasteiger charge is -2.36. The van der Waals surface area contributed by atoms with Crippen molar-refractivity contribution in [2.24, 2.45) is 17.8 Å². The Morgan fingerprint density at radius 1 is 1.45 bits per heavy atom. The average Bonchev–Trinajstić information content (AvgIpc) is 2.72. The molecule has 4 nitrogen and oxygen atoms in total. The third-order valence-electron chi connectivity index (χ3n) is 3.82. The maximum atomic E-state index is 13.2. The highest BCUT2D eigenvalue weighted by atomic mass is 19.4. The number of carbonyl (C=O) groups excluding carboxylic acids is 2. The van der Waals surface area contributed by atoms with Crippen molar-refractivity contribution >= 4 is 12.0 Å². The second-order valence-corrected chi connectivity index (χ2v) is 5.35. The van der Waals surface area contributed by atoms with Crippen molar-refractivity contribution in [1.82, 2.24) is 4.90 Å². The molecular formula is C13H16F3NO3. The van der Waals surface area contributed by atoms with Gasteiger partial charge in [0.1, 0.15) is 6.61 Å². The molecule has 1 aliphatic carbocycles. The van der Waals surface area contributed by atoms with Gasteiger partial charge in [-0.25, -0.2) is 9.69 Å². The molecule has 0 aromatic heterocycles. The monoisotopic (exact) mass is 291 g/mol. The quantitative estimate of drug-likeness (QED) is 0.698. The zero-order chi connectivity index (χ0) is 15.1. The summed E-state index contributed by atoms with van der Waals surface area (Å²) in [6.45, 7) is 3.26. The van der Waals surface area contributed by atoms with E-state index in [0.29, 0.717) is 5.57 Å². The first-order valence-corrected chi connectivity index (χ1v) is 6.44. The van der Waals surface area contributed by atoms with Crippen LogP contribution in [0.5, 0.6) is 0 Å². The van der Waals surface area contributed by atoms with Crippen molar-refractivity contribution in [3.8, 4) is 0 Å². The van der Waals surface area contributed by atoms with E-state index in [1.54, 1.807) is 19.9 Å². The predicted octanol–water partition coefficient (Wildman–Crippen LogP) is 2.75. The first kappa shape index (κ1) is 14.9. The molecule has 2 rings (SSSR count). The maximum absolute atomic E-state index is 13.2. The summed E-state index contributed by atoms with van der Waals surface area (Å²) in [5, 5.41) is 0. The van der Waals surface area contributed by atoms with Crippen LogP contribution in [0.25, 0.3) is 0 Å². The van der Waals surface area contributed by atoms with Gasteiger partial charge in [-0.15, -0.1) is 0 Å². The fourth-order valence-electron chi connectivity index (χ4n) is 2.95. The second kappa shape index (κ2) is 5.10. The molecule has 20 heavy (non-hydrogen) atoms. The van der Waals surface area contributed by atoms with E-state index in [4.69, 9.17) is 0 Å². The molecule has 1 aliphatic heterocycles. The molecule has 1 fully saturated rings. The topological polar surface area (TPSA) is 46.6 Å². The first-order valence-electron chi connectivity index (χ1n) is 6.44. The van der Waals surface area contributed by atoms with Crippen LogP contribution in [0.15, 0.2) is 11.6 Å². The number of amides is 2. The minimum absolute atomic E-state index is 0.0220. The SMILES string of the molecule is CC1=C[C@H](C)[C@@H](C(=O)N2CCOC2=O)[C@H](C(F)(F)F)C1. The van der Waals surface area contributed by atoms with Gasteiger partial charge in [0, 0.05) is 0 Å². The Morgan fingerprint density at radius 2 is 2.10 bits per heavy atom. The minimum Gasteiger partial charge on any atom is -0.447 e. The van der Waals surface area contributed by atoms with E-state index in [-0.39, 0.29) is 19.6 Å². The molecule has 3 atom stereocenters. The molecule has 0 saturated carbocycles. The number of nitrogens with zero attached hydrogens (tertiary/aromatic N) is 1. The summed E-state index contributed by atoms with van der Waals surface area (Å²) in [6, 6.07) is 0. The summed E-state index contributed by atoms with van der Waals surface area (Å²) in [7, 11) is 0. The van der Waals surface area contributed by atoms with Gasteiger partial charge in [0.15, 0.2) is 0 Å². The Morgan fingerprint density at radius 3 is 2.60 bits per heavy atom. The molecule has 2 aliphatic rings. The van der Waals surface area contributed by atoms with E-state index >= 15 is 0 Å². The zero-order valence-corrected chi connectivity index (χ0v) is 11.2. The van der Waals surface area contributed by atoms with E-state index in [9.17, 15) is 22.8 Å². The van der Waals surface area contributed by atoms with Gasteiger partial charge in [0.05, 0.1) is 18.4 Å². The van der Waals surface area contributed by atoms with Gasteiger partial charge in [-0.2, -0.15) is 13.2 Å². The number of cyclic esters (lactones) is 1. The Labute approximate surface area is 114 Å². The molecule has 0 N–H and O–H groups in total. The molecule has 0 aromatic carbocycles. The number of halogens is 3. The summed E-state index contributed by atoms with van der Waals surface area (Å²) < 4.78 is 44.1. The summed E-state index contributed by atoms with van der Waals surface area (Å²) in [5.41, 5.74) is 0.618. The summed E-state index contributed by atoms with van der Waals surface area (Å²) in [4.78, 5) is 24.4. The highest BCUT2D eigenvalue weighted by molar-refractivity contribution is 5.94. The first-order chi connectivity index (χ1) is 9.21. The molecule has 112 valence electrons. The molecule has 0 bridgehead atoms. The van der Waals surface area contributed by atoms with E-state index in [1.807, 2.05) is 0 Å². The Balaban J connectivity index is 2.30. The van der Waals surface area contributed by atoms with Crippen molar-refractivity contribution in [3.63, 3.8) is 0 Å². The summed E-state index contributed by atoms with van der Waals surface area (Å²) in [6.07, 6.45) is -3.85. The van der Waals surface area contributed by atoms with Crippen molar-refractivity contribution < 1.29 is 27.5 Å². The van der Waals surface area contributed by atoms with Gasteiger partial charge in [0.25, 0.3) is 0 Å². The highest BCUT2D eigenvalue weighted by Crippen LogP contribution is 2.44. The van der Waals surface area contributed by atoms with Gasteiger partial charge >= 0.3 is 12.3 Å². The van der Waals surface area contributed by atoms with Crippen LogP contribution in [0.4, 0.5) is 18.0 Å². The van der Waals surface area contributed by atoms with Crippen molar-refractivity contribution in [2.45, 2.75) is 26.4 Å². The van der Waals surface area contributed by atoms with Gasteiger partial charge in [-0.3, -0.25) is 4.79 Å².